The third-order valence-electron chi connectivity index (χ3n) is 2.19. The fourth-order valence-corrected chi connectivity index (χ4v) is 2.12. The molecule has 18 heavy (non-hydrogen) atoms. The molecule has 0 spiro atoms. The standard InChI is InChI=1S/C13H14N2O2S/c16-12-7-8-14-13(15-12)18-10-4-9-17-11-5-2-1-3-6-11/h1-3,5-8H,4,9-10H2,(H,14,15,16). The Hall–Kier alpha value is -1.75. The van der Waals surface area contributed by atoms with Gasteiger partial charge in [0.05, 0.1) is 6.61 Å². The first kappa shape index (κ1) is 12.7. The van der Waals surface area contributed by atoms with E-state index in [2.05, 4.69) is 9.97 Å². The van der Waals surface area contributed by atoms with Gasteiger partial charge in [-0.2, -0.15) is 0 Å². The molecule has 0 saturated heterocycles. The zero-order valence-corrected chi connectivity index (χ0v) is 10.7. The Labute approximate surface area is 109 Å². The molecule has 0 aliphatic rings. The summed E-state index contributed by atoms with van der Waals surface area (Å²) in [6.07, 6.45) is 2.42. The van der Waals surface area contributed by atoms with Crippen LogP contribution in [0, 0.1) is 0 Å². The molecule has 0 radical (unpaired) electrons. The highest BCUT2D eigenvalue weighted by atomic mass is 32.2. The molecule has 1 aromatic carbocycles. The largest absolute Gasteiger partial charge is 0.494 e. The van der Waals surface area contributed by atoms with E-state index in [1.807, 2.05) is 30.3 Å². The summed E-state index contributed by atoms with van der Waals surface area (Å²) in [5.74, 6) is 1.74. The normalized spacial score (nSPS) is 10.2. The number of aromatic amines is 1. The van der Waals surface area contributed by atoms with Gasteiger partial charge < -0.3 is 9.72 Å². The van der Waals surface area contributed by atoms with E-state index in [0.29, 0.717) is 11.8 Å². The van der Waals surface area contributed by atoms with E-state index in [9.17, 15) is 4.79 Å². The van der Waals surface area contributed by atoms with E-state index in [0.717, 1.165) is 17.9 Å². The lowest BCUT2D eigenvalue weighted by Crippen LogP contribution is -2.06. The average Bonchev–Trinajstić information content (AvgIpc) is 2.40. The monoisotopic (exact) mass is 262 g/mol. The highest BCUT2D eigenvalue weighted by molar-refractivity contribution is 7.99. The second-order valence-corrected chi connectivity index (χ2v) is 4.69. The second-order valence-electron chi connectivity index (χ2n) is 3.60. The molecule has 0 unspecified atom stereocenters. The molecule has 4 nitrogen and oxygen atoms in total. The van der Waals surface area contributed by atoms with Gasteiger partial charge >= 0.3 is 0 Å². The van der Waals surface area contributed by atoms with Crippen molar-refractivity contribution in [2.45, 2.75) is 11.6 Å². The summed E-state index contributed by atoms with van der Waals surface area (Å²) in [5.41, 5.74) is -0.118. The minimum absolute atomic E-state index is 0.118. The number of ether oxygens (including phenoxy) is 1. The SMILES string of the molecule is O=c1ccnc(SCCCOc2ccccc2)[nH]1. The smallest absolute Gasteiger partial charge is 0.251 e. The van der Waals surface area contributed by atoms with E-state index < -0.39 is 0 Å². The van der Waals surface area contributed by atoms with Crippen LogP contribution in [-0.4, -0.2) is 22.3 Å². The predicted octanol–water partition coefficient (Wildman–Crippen LogP) is 2.33. The van der Waals surface area contributed by atoms with E-state index in [-0.39, 0.29) is 5.56 Å². The van der Waals surface area contributed by atoms with Crippen molar-refractivity contribution in [3.8, 4) is 5.75 Å². The summed E-state index contributed by atoms with van der Waals surface area (Å²) in [4.78, 5) is 17.8. The third-order valence-corrected chi connectivity index (χ3v) is 3.16. The van der Waals surface area contributed by atoms with Gasteiger partial charge in [0, 0.05) is 18.0 Å². The van der Waals surface area contributed by atoms with Gasteiger partial charge in [-0.3, -0.25) is 4.79 Å². The van der Waals surface area contributed by atoms with Crippen LogP contribution in [-0.2, 0) is 0 Å². The van der Waals surface area contributed by atoms with Gasteiger partial charge in [0.25, 0.3) is 5.56 Å². The van der Waals surface area contributed by atoms with Gasteiger partial charge in [0.1, 0.15) is 5.75 Å². The van der Waals surface area contributed by atoms with Gasteiger partial charge in [-0.1, -0.05) is 30.0 Å². The number of H-pyrrole nitrogens is 1. The maximum absolute atomic E-state index is 11.0. The first-order valence-electron chi connectivity index (χ1n) is 5.70. The summed E-state index contributed by atoms with van der Waals surface area (Å²) in [7, 11) is 0. The Morgan fingerprint density at radius 2 is 2.06 bits per heavy atom. The van der Waals surface area contributed by atoms with Crippen molar-refractivity contribution in [3.63, 3.8) is 0 Å². The Balaban J connectivity index is 1.66. The molecule has 5 heteroatoms. The quantitative estimate of drug-likeness (QED) is 0.493. The molecule has 0 atom stereocenters. The fourth-order valence-electron chi connectivity index (χ4n) is 1.36. The van der Waals surface area contributed by atoms with Gasteiger partial charge in [-0.15, -0.1) is 0 Å². The van der Waals surface area contributed by atoms with Crippen LogP contribution in [0.4, 0.5) is 0 Å². The molecule has 2 aromatic rings. The topological polar surface area (TPSA) is 55.0 Å². The highest BCUT2D eigenvalue weighted by Crippen LogP contribution is 2.12. The van der Waals surface area contributed by atoms with E-state index >= 15 is 0 Å². The third kappa shape index (κ3) is 4.25. The van der Waals surface area contributed by atoms with Gasteiger partial charge in [-0.25, -0.2) is 4.98 Å². The van der Waals surface area contributed by atoms with Crippen LogP contribution < -0.4 is 10.3 Å². The predicted molar refractivity (Wildman–Crippen MR) is 72.1 cm³/mol. The number of thioether (sulfide) groups is 1. The number of hydrogen-bond donors (Lipinski definition) is 1. The molecule has 0 bridgehead atoms. The van der Waals surface area contributed by atoms with Gasteiger partial charge in [0.2, 0.25) is 0 Å². The summed E-state index contributed by atoms with van der Waals surface area (Å²) >= 11 is 1.52. The number of nitrogens with zero attached hydrogens (tertiary/aromatic N) is 1. The zero-order valence-electron chi connectivity index (χ0n) is 9.83. The number of para-hydroxylation sites is 1. The molecule has 94 valence electrons. The fraction of sp³-hybridized carbons (Fsp3) is 0.231. The number of aromatic nitrogens is 2. The first-order valence-corrected chi connectivity index (χ1v) is 6.69. The van der Waals surface area contributed by atoms with Crippen LogP contribution in [0.15, 0.2) is 52.5 Å². The van der Waals surface area contributed by atoms with Crippen molar-refractivity contribution in [1.29, 1.82) is 0 Å². The summed E-state index contributed by atoms with van der Waals surface area (Å²) in [5, 5.41) is 0.655. The maximum atomic E-state index is 11.0. The van der Waals surface area contributed by atoms with E-state index in [1.54, 1.807) is 0 Å². The summed E-state index contributed by atoms with van der Waals surface area (Å²) in [6, 6.07) is 11.1. The van der Waals surface area contributed by atoms with Crippen molar-refractivity contribution in [3.05, 3.63) is 52.9 Å². The molecule has 2 rings (SSSR count). The van der Waals surface area contributed by atoms with E-state index in [1.165, 1.54) is 24.0 Å². The van der Waals surface area contributed by atoms with Crippen LogP contribution in [0.25, 0.3) is 0 Å². The molecule has 1 heterocycles. The number of hydrogen-bond acceptors (Lipinski definition) is 4. The van der Waals surface area contributed by atoms with Crippen LogP contribution in [0.1, 0.15) is 6.42 Å². The van der Waals surface area contributed by atoms with Crippen LogP contribution >= 0.6 is 11.8 Å². The molecule has 1 N–H and O–H groups in total. The summed E-state index contributed by atoms with van der Waals surface area (Å²) in [6.45, 7) is 0.661. The number of benzene rings is 1. The second kappa shape index (κ2) is 6.86. The van der Waals surface area contributed by atoms with Crippen molar-refractivity contribution < 1.29 is 4.74 Å². The zero-order chi connectivity index (χ0) is 12.6. The van der Waals surface area contributed by atoms with Gasteiger partial charge in [0.15, 0.2) is 5.16 Å². The molecule has 1 aromatic heterocycles. The Kier molecular flexibility index (Phi) is 4.84. The lowest BCUT2D eigenvalue weighted by atomic mass is 10.3. The van der Waals surface area contributed by atoms with Crippen LogP contribution in [0.2, 0.25) is 0 Å². The lowest BCUT2D eigenvalue weighted by Gasteiger charge is -2.05. The molecular weight excluding hydrogens is 248 g/mol. The first-order chi connectivity index (χ1) is 8.84. The van der Waals surface area contributed by atoms with Gasteiger partial charge in [-0.05, 0) is 18.6 Å². The molecule has 0 amide bonds. The van der Waals surface area contributed by atoms with Crippen molar-refractivity contribution >= 4 is 11.8 Å². The lowest BCUT2D eigenvalue weighted by molar-refractivity contribution is 0.318. The number of rotatable bonds is 6. The molecule has 0 aliphatic heterocycles. The minimum Gasteiger partial charge on any atom is -0.494 e. The Morgan fingerprint density at radius 1 is 1.22 bits per heavy atom. The molecular formula is C13H14N2O2S. The Morgan fingerprint density at radius 3 is 2.83 bits per heavy atom. The van der Waals surface area contributed by atoms with Crippen molar-refractivity contribution in [2.75, 3.05) is 12.4 Å². The minimum atomic E-state index is -0.118. The summed E-state index contributed by atoms with van der Waals surface area (Å²) < 4.78 is 5.56. The molecule has 0 saturated carbocycles. The highest BCUT2D eigenvalue weighted by Gasteiger charge is 1.97. The maximum Gasteiger partial charge on any atom is 0.251 e. The molecule has 0 fully saturated rings. The van der Waals surface area contributed by atoms with E-state index in [4.69, 9.17) is 4.74 Å². The van der Waals surface area contributed by atoms with Crippen molar-refractivity contribution in [1.82, 2.24) is 9.97 Å². The molecule has 0 aliphatic carbocycles. The van der Waals surface area contributed by atoms with Crippen LogP contribution in [0.5, 0.6) is 5.75 Å². The Bertz CT molecular complexity index is 528. The number of nitrogens with one attached hydrogen (secondary N) is 1. The van der Waals surface area contributed by atoms with Crippen molar-refractivity contribution in [2.24, 2.45) is 0 Å². The average molecular weight is 262 g/mol. The van der Waals surface area contributed by atoms with Crippen LogP contribution in [0.3, 0.4) is 0 Å².